The molecule has 1 amide bonds. The summed E-state index contributed by atoms with van der Waals surface area (Å²) in [5, 5.41) is 8.54. The molecule has 176 valence electrons. The van der Waals surface area contributed by atoms with Gasteiger partial charge in [0.2, 0.25) is 0 Å². The van der Waals surface area contributed by atoms with Gasteiger partial charge in [-0.1, -0.05) is 0 Å². The van der Waals surface area contributed by atoms with Crippen LogP contribution in [-0.2, 0) is 33.2 Å². The molecule has 1 N–H and O–H groups in total. The van der Waals surface area contributed by atoms with Crippen LogP contribution in [0.5, 0.6) is 0 Å². The molecule has 10 heteroatoms. The van der Waals surface area contributed by atoms with Crippen molar-refractivity contribution in [2.45, 2.75) is 45.3 Å². The molecule has 1 heterocycles. The largest absolute Gasteiger partial charge is 0.461 e. The van der Waals surface area contributed by atoms with E-state index in [9.17, 15) is 9.59 Å². The Balaban J connectivity index is 1.96. The Morgan fingerprint density at radius 1 is 0.867 bits per heavy atom. The summed E-state index contributed by atoms with van der Waals surface area (Å²) in [4.78, 5) is 25.5. The van der Waals surface area contributed by atoms with E-state index < -0.39 is 11.6 Å². The van der Waals surface area contributed by atoms with Gasteiger partial charge in [0, 0.05) is 25.9 Å². The molecule has 0 aromatic carbocycles. The van der Waals surface area contributed by atoms with Gasteiger partial charge < -0.3 is 38.4 Å². The van der Waals surface area contributed by atoms with Gasteiger partial charge in [-0.15, -0.1) is 0 Å². The zero-order valence-corrected chi connectivity index (χ0v) is 18.4. The second-order valence-corrected chi connectivity index (χ2v) is 7.77. The summed E-state index contributed by atoms with van der Waals surface area (Å²) in [5.74, 6) is -0.420. The Bertz CT molecular complexity index is 473. The van der Waals surface area contributed by atoms with Crippen molar-refractivity contribution in [3.63, 3.8) is 0 Å². The van der Waals surface area contributed by atoms with Crippen molar-refractivity contribution in [1.82, 2.24) is 4.90 Å². The van der Waals surface area contributed by atoms with Crippen molar-refractivity contribution in [1.29, 1.82) is 0 Å². The summed E-state index contributed by atoms with van der Waals surface area (Å²) < 4.78 is 31.6. The second kappa shape index (κ2) is 15.4. The first-order valence-corrected chi connectivity index (χ1v) is 10.4. The summed E-state index contributed by atoms with van der Waals surface area (Å²) in [6, 6.07) is 0. The highest BCUT2D eigenvalue weighted by atomic mass is 16.6. The number of nitrogens with zero attached hydrogens (tertiary/aromatic N) is 1. The van der Waals surface area contributed by atoms with E-state index in [1.807, 2.05) is 20.8 Å². The van der Waals surface area contributed by atoms with Crippen molar-refractivity contribution in [3.05, 3.63) is 0 Å². The highest BCUT2D eigenvalue weighted by Gasteiger charge is 2.28. The molecule has 0 unspecified atom stereocenters. The molecule has 1 aliphatic rings. The van der Waals surface area contributed by atoms with Crippen molar-refractivity contribution in [3.8, 4) is 0 Å². The molecule has 0 spiro atoms. The summed E-state index contributed by atoms with van der Waals surface area (Å²) >= 11 is 0. The number of amides is 1. The third-order valence-electron chi connectivity index (χ3n) is 3.96. The Kier molecular flexibility index (Phi) is 13.6. The second-order valence-electron chi connectivity index (χ2n) is 7.77. The maximum atomic E-state index is 12.0. The summed E-state index contributed by atoms with van der Waals surface area (Å²) in [5.41, 5.74) is -0.524. The molecule has 0 radical (unpaired) electrons. The van der Waals surface area contributed by atoms with Gasteiger partial charge in [0.25, 0.3) is 0 Å². The standard InChI is InChI=1S/C20H37NO9/c1-20(2,3)30-19(24)21-6-4-17(5-7-21)29-18(23)16-28-15-14-27-13-12-26-11-10-25-9-8-22/h17,22H,4-16H2,1-3H3. The minimum absolute atomic E-state index is 0.00398. The van der Waals surface area contributed by atoms with Gasteiger partial charge in [-0.3, -0.25) is 0 Å². The molecule has 30 heavy (non-hydrogen) atoms. The predicted molar refractivity (Wildman–Crippen MR) is 107 cm³/mol. The van der Waals surface area contributed by atoms with Crippen LogP contribution < -0.4 is 0 Å². The summed E-state index contributed by atoms with van der Waals surface area (Å²) in [7, 11) is 0. The van der Waals surface area contributed by atoms with Crippen LogP contribution in [0.2, 0.25) is 0 Å². The van der Waals surface area contributed by atoms with Crippen LogP contribution in [0.4, 0.5) is 4.79 Å². The summed E-state index contributed by atoms with van der Waals surface area (Å²) in [6.07, 6.45) is 0.615. The molecule has 0 saturated carbocycles. The maximum Gasteiger partial charge on any atom is 0.410 e. The maximum absolute atomic E-state index is 12.0. The van der Waals surface area contributed by atoms with Crippen LogP contribution in [0.15, 0.2) is 0 Å². The number of carbonyl (C=O) groups excluding carboxylic acids is 2. The number of likely N-dealkylation sites (tertiary alicyclic amines) is 1. The number of aliphatic hydroxyl groups excluding tert-OH is 1. The van der Waals surface area contributed by atoms with Gasteiger partial charge in [-0.25, -0.2) is 9.59 Å². The number of piperidine rings is 1. The Labute approximate surface area is 178 Å². The zero-order valence-electron chi connectivity index (χ0n) is 18.4. The number of ether oxygens (including phenoxy) is 6. The SMILES string of the molecule is CC(C)(C)OC(=O)N1CCC(OC(=O)COCCOCCOCCOCCO)CC1. The fraction of sp³-hybridized carbons (Fsp3) is 0.900. The first-order valence-electron chi connectivity index (χ1n) is 10.4. The topological polar surface area (TPSA) is 113 Å². The average molecular weight is 436 g/mol. The fourth-order valence-electron chi connectivity index (χ4n) is 2.58. The smallest absolute Gasteiger partial charge is 0.410 e. The van der Waals surface area contributed by atoms with Gasteiger partial charge >= 0.3 is 12.1 Å². The molecule has 10 nitrogen and oxygen atoms in total. The van der Waals surface area contributed by atoms with E-state index in [1.165, 1.54) is 0 Å². The number of aliphatic hydroxyl groups is 1. The van der Waals surface area contributed by atoms with Crippen LogP contribution in [0.25, 0.3) is 0 Å². The highest BCUT2D eigenvalue weighted by Crippen LogP contribution is 2.17. The molecule has 0 aromatic heterocycles. The molecule has 0 bridgehead atoms. The van der Waals surface area contributed by atoms with Gasteiger partial charge in [-0.2, -0.15) is 0 Å². The lowest BCUT2D eigenvalue weighted by molar-refractivity contribution is -0.156. The highest BCUT2D eigenvalue weighted by molar-refractivity contribution is 5.71. The molecular weight excluding hydrogens is 398 g/mol. The molecule has 1 saturated heterocycles. The molecule has 0 aromatic rings. The molecule has 0 atom stereocenters. The van der Waals surface area contributed by atoms with Gasteiger partial charge in [-0.05, 0) is 20.8 Å². The van der Waals surface area contributed by atoms with Crippen molar-refractivity contribution < 1.29 is 43.1 Å². The van der Waals surface area contributed by atoms with Crippen LogP contribution in [0.3, 0.4) is 0 Å². The lowest BCUT2D eigenvalue weighted by atomic mass is 10.1. The van der Waals surface area contributed by atoms with E-state index in [0.29, 0.717) is 65.6 Å². The van der Waals surface area contributed by atoms with E-state index in [4.69, 9.17) is 33.5 Å². The molecule has 1 fully saturated rings. The monoisotopic (exact) mass is 435 g/mol. The minimum Gasteiger partial charge on any atom is -0.461 e. The number of hydrogen-bond donors (Lipinski definition) is 1. The van der Waals surface area contributed by atoms with Gasteiger partial charge in [0.15, 0.2) is 0 Å². The van der Waals surface area contributed by atoms with Crippen molar-refractivity contribution in [2.75, 3.05) is 72.6 Å². The fourth-order valence-corrected chi connectivity index (χ4v) is 2.58. The molecule has 0 aliphatic carbocycles. The Hall–Kier alpha value is -1.46. The van der Waals surface area contributed by atoms with Crippen LogP contribution in [-0.4, -0.2) is 106 Å². The van der Waals surface area contributed by atoms with E-state index in [0.717, 1.165) is 0 Å². The number of rotatable bonds is 14. The molecule has 1 rings (SSSR count). The van der Waals surface area contributed by atoms with Crippen LogP contribution in [0.1, 0.15) is 33.6 Å². The lowest BCUT2D eigenvalue weighted by Crippen LogP contribution is -2.44. The van der Waals surface area contributed by atoms with E-state index >= 15 is 0 Å². The molecule has 1 aliphatic heterocycles. The van der Waals surface area contributed by atoms with Crippen LogP contribution in [0, 0.1) is 0 Å². The first-order chi connectivity index (χ1) is 14.3. The third-order valence-corrected chi connectivity index (χ3v) is 3.96. The normalized spacial score (nSPS) is 15.3. The van der Waals surface area contributed by atoms with Crippen molar-refractivity contribution in [2.24, 2.45) is 0 Å². The summed E-state index contributed by atoms with van der Waals surface area (Å²) in [6.45, 7) is 9.04. The predicted octanol–water partition coefficient (Wildman–Crippen LogP) is 0.988. The Morgan fingerprint density at radius 2 is 1.37 bits per heavy atom. The average Bonchev–Trinajstić information content (AvgIpc) is 2.68. The van der Waals surface area contributed by atoms with Gasteiger partial charge in [0.05, 0.1) is 52.9 Å². The zero-order chi connectivity index (χ0) is 22.2. The van der Waals surface area contributed by atoms with Crippen LogP contribution >= 0.6 is 0 Å². The van der Waals surface area contributed by atoms with E-state index in [-0.39, 0.29) is 32.0 Å². The number of esters is 1. The first kappa shape index (κ1) is 26.6. The van der Waals surface area contributed by atoms with Crippen molar-refractivity contribution >= 4 is 12.1 Å². The minimum atomic E-state index is -0.524. The number of carbonyl (C=O) groups is 2. The number of hydrogen-bond acceptors (Lipinski definition) is 9. The quantitative estimate of drug-likeness (QED) is 0.315. The Morgan fingerprint density at radius 3 is 1.87 bits per heavy atom. The van der Waals surface area contributed by atoms with Gasteiger partial charge in [0.1, 0.15) is 18.3 Å². The molecular formula is C20H37NO9. The lowest BCUT2D eigenvalue weighted by Gasteiger charge is -2.33. The van der Waals surface area contributed by atoms with E-state index in [2.05, 4.69) is 0 Å². The third kappa shape index (κ3) is 13.7. The van der Waals surface area contributed by atoms with E-state index in [1.54, 1.807) is 4.90 Å².